The molecular formula is C6H11N3O. The van der Waals surface area contributed by atoms with Gasteiger partial charge in [0.25, 0.3) is 0 Å². The Morgan fingerprint density at radius 3 is 2.90 bits per heavy atom. The summed E-state index contributed by atoms with van der Waals surface area (Å²) in [6.07, 6.45) is 2.87. The molecule has 0 aromatic heterocycles. The van der Waals surface area contributed by atoms with Crippen LogP contribution in [-0.4, -0.2) is 12.3 Å². The van der Waals surface area contributed by atoms with Gasteiger partial charge < -0.3 is 4.79 Å². The molecule has 4 heteroatoms. The number of carbonyl (C=O) groups is 1. The summed E-state index contributed by atoms with van der Waals surface area (Å²) in [6, 6.07) is -0.132. The molecule has 0 amide bonds. The molecule has 0 fully saturated rings. The van der Waals surface area contributed by atoms with Gasteiger partial charge in [-0.2, -0.15) is 0 Å². The molecule has 0 aliphatic carbocycles. The van der Waals surface area contributed by atoms with Crippen LogP contribution in [0.25, 0.3) is 10.4 Å². The van der Waals surface area contributed by atoms with Crippen molar-refractivity contribution in [2.75, 3.05) is 0 Å². The number of hydrogen-bond acceptors (Lipinski definition) is 2. The molecule has 0 saturated heterocycles. The van der Waals surface area contributed by atoms with Crippen LogP contribution in [0.4, 0.5) is 0 Å². The molecule has 4 nitrogen and oxygen atoms in total. The number of azide groups is 1. The highest BCUT2D eigenvalue weighted by Crippen LogP contribution is 2.04. The summed E-state index contributed by atoms with van der Waals surface area (Å²) >= 11 is 0. The molecule has 1 atom stereocenters. The highest BCUT2D eigenvalue weighted by molar-refractivity contribution is 5.50. The molecule has 0 N–H and O–H groups in total. The van der Waals surface area contributed by atoms with E-state index in [9.17, 15) is 4.79 Å². The summed E-state index contributed by atoms with van der Waals surface area (Å²) in [6.45, 7) is 1.99. The van der Waals surface area contributed by atoms with Crippen LogP contribution >= 0.6 is 0 Å². The average molecular weight is 141 g/mol. The van der Waals surface area contributed by atoms with Crippen LogP contribution in [0.15, 0.2) is 5.11 Å². The van der Waals surface area contributed by atoms with Crippen LogP contribution in [-0.2, 0) is 4.79 Å². The van der Waals surface area contributed by atoms with Crippen molar-refractivity contribution in [1.82, 2.24) is 0 Å². The number of aldehydes is 1. The van der Waals surface area contributed by atoms with Crippen LogP contribution in [0.1, 0.15) is 26.2 Å². The highest BCUT2D eigenvalue weighted by Gasteiger charge is 2.01. The second-order valence-electron chi connectivity index (χ2n) is 2.05. The predicted molar refractivity (Wildman–Crippen MR) is 38.5 cm³/mol. The summed E-state index contributed by atoms with van der Waals surface area (Å²) in [5.74, 6) is 0. The molecule has 0 aromatic carbocycles. The van der Waals surface area contributed by atoms with E-state index in [-0.39, 0.29) is 6.04 Å². The van der Waals surface area contributed by atoms with Crippen molar-refractivity contribution in [1.29, 1.82) is 0 Å². The summed E-state index contributed by atoms with van der Waals surface area (Å²) in [5.41, 5.74) is 8.03. The lowest BCUT2D eigenvalue weighted by molar-refractivity contribution is -0.108. The Bertz CT molecular complexity index is 140. The maximum Gasteiger partial charge on any atom is 0.120 e. The lowest BCUT2D eigenvalue weighted by atomic mass is 10.1. The van der Waals surface area contributed by atoms with E-state index < -0.39 is 0 Å². The highest BCUT2D eigenvalue weighted by atomic mass is 16.1. The van der Waals surface area contributed by atoms with E-state index in [0.29, 0.717) is 6.42 Å². The van der Waals surface area contributed by atoms with E-state index in [1.807, 2.05) is 6.92 Å². The molecule has 0 heterocycles. The van der Waals surface area contributed by atoms with Gasteiger partial charge in [0.15, 0.2) is 0 Å². The minimum atomic E-state index is -0.132. The third-order valence-electron chi connectivity index (χ3n) is 1.21. The van der Waals surface area contributed by atoms with Crippen molar-refractivity contribution in [3.63, 3.8) is 0 Å². The van der Waals surface area contributed by atoms with Crippen molar-refractivity contribution < 1.29 is 4.79 Å². The van der Waals surface area contributed by atoms with Crippen molar-refractivity contribution >= 4 is 6.29 Å². The maximum atomic E-state index is 9.98. The summed E-state index contributed by atoms with van der Waals surface area (Å²) in [7, 11) is 0. The normalized spacial score (nSPS) is 11.7. The molecular weight excluding hydrogens is 130 g/mol. The molecule has 10 heavy (non-hydrogen) atoms. The fraction of sp³-hybridized carbons (Fsp3) is 0.833. The fourth-order valence-electron chi connectivity index (χ4n) is 0.740. The van der Waals surface area contributed by atoms with Gasteiger partial charge in [-0.15, -0.1) is 0 Å². The summed E-state index contributed by atoms with van der Waals surface area (Å²) < 4.78 is 0. The van der Waals surface area contributed by atoms with Crippen molar-refractivity contribution in [3.8, 4) is 0 Å². The lowest BCUT2D eigenvalue weighted by Gasteiger charge is -2.02. The van der Waals surface area contributed by atoms with Gasteiger partial charge in [0.05, 0.1) is 0 Å². The first-order chi connectivity index (χ1) is 4.85. The first kappa shape index (κ1) is 8.98. The Morgan fingerprint density at radius 1 is 1.80 bits per heavy atom. The minimum Gasteiger partial charge on any atom is -0.303 e. The monoisotopic (exact) mass is 141 g/mol. The van der Waals surface area contributed by atoms with Crippen LogP contribution in [0.2, 0.25) is 0 Å². The van der Waals surface area contributed by atoms with E-state index in [0.717, 1.165) is 19.1 Å². The van der Waals surface area contributed by atoms with Crippen molar-refractivity contribution in [2.24, 2.45) is 5.11 Å². The zero-order chi connectivity index (χ0) is 7.82. The average Bonchev–Trinajstić information content (AvgIpc) is 1.90. The Kier molecular flexibility index (Phi) is 5.48. The smallest absolute Gasteiger partial charge is 0.120 e. The standard InChI is InChI=1S/C6H11N3O/c1-2-3-6(4-5-10)8-9-7/h5-6H,2-4H2,1H3. The quantitative estimate of drug-likeness (QED) is 0.250. The van der Waals surface area contributed by atoms with Crippen LogP contribution in [0, 0.1) is 0 Å². The number of rotatable bonds is 5. The molecule has 1 unspecified atom stereocenters. The van der Waals surface area contributed by atoms with Gasteiger partial charge in [-0.25, -0.2) is 0 Å². The van der Waals surface area contributed by atoms with Crippen LogP contribution < -0.4 is 0 Å². The maximum absolute atomic E-state index is 9.98. The second-order valence-corrected chi connectivity index (χ2v) is 2.05. The molecule has 0 rings (SSSR count). The zero-order valence-electron chi connectivity index (χ0n) is 6.03. The molecule has 0 bridgehead atoms. The van der Waals surface area contributed by atoms with Gasteiger partial charge >= 0.3 is 0 Å². The van der Waals surface area contributed by atoms with Gasteiger partial charge in [0, 0.05) is 17.4 Å². The third kappa shape index (κ3) is 3.92. The molecule has 0 aliphatic rings. The van der Waals surface area contributed by atoms with E-state index in [4.69, 9.17) is 5.53 Å². The van der Waals surface area contributed by atoms with E-state index >= 15 is 0 Å². The molecule has 0 aliphatic heterocycles. The first-order valence-corrected chi connectivity index (χ1v) is 3.33. The van der Waals surface area contributed by atoms with Crippen LogP contribution in [0.5, 0.6) is 0 Å². The first-order valence-electron chi connectivity index (χ1n) is 3.33. The van der Waals surface area contributed by atoms with Crippen LogP contribution in [0.3, 0.4) is 0 Å². The molecule has 0 spiro atoms. The summed E-state index contributed by atoms with van der Waals surface area (Å²) in [5, 5.41) is 3.45. The number of nitrogens with zero attached hydrogens (tertiary/aromatic N) is 3. The Labute approximate surface area is 59.9 Å². The number of hydrogen-bond donors (Lipinski definition) is 0. The van der Waals surface area contributed by atoms with Crippen molar-refractivity contribution in [3.05, 3.63) is 10.4 Å². The van der Waals surface area contributed by atoms with E-state index in [1.54, 1.807) is 0 Å². The van der Waals surface area contributed by atoms with Crippen molar-refractivity contribution in [2.45, 2.75) is 32.2 Å². The van der Waals surface area contributed by atoms with Gasteiger partial charge in [-0.3, -0.25) is 0 Å². The third-order valence-corrected chi connectivity index (χ3v) is 1.21. The zero-order valence-corrected chi connectivity index (χ0v) is 6.03. The predicted octanol–water partition coefficient (Wildman–Crippen LogP) is 2.05. The Hall–Kier alpha value is -1.02. The SMILES string of the molecule is CCCC(CC=O)N=[N+]=[N-]. The Morgan fingerprint density at radius 2 is 2.50 bits per heavy atom. The topological polar surface area (TPSA) is 65.8 Å². The lowest BCUT2D eigenvalue weighted by Crippen LogP contribution is -2.02. The summed E-state index contributed by atoms with van der Waals surface area (Å²) in [4.78, 5) is 12.6. The molecule has 0 radical (unpaired) electrons. The molecule has 0 aromatic rings. The molecule has 56 valence electrons. The van der Waals surface area contributed by atoms with Gasteiger partial charge in [-0.05, 0) is 12.0 Å². The van der Waals surface area contributed by atoms with E-state index in [1.165, 1.54) is 0 Å². The second kappa shape index (κ2) is 6.11. The fourth-order valence-corrected chi connectivity index (χ4v) is 0.740. The van der Waals surface area contributed by atoms with Gasteiger partial charge in [-0.1, -0.05) is 18.5 Å². The largest absolute Gasteiger partial charge is 0.303 e. The minimum absolute atomic E-state index is 0.132. The van der Waals surface area contributed by atoms with Gasteiger partial charge in [0.1, 0.15) is 6.29 Å². The van der Waals surface area contributed by atoms with E-state index in [2.05, 4.69) is 10.0 Å². The Balaban J connectivity index is 3.70. The number of carbonyl (C=O) groups excluding carboxylic acids is 1. The van der Waals surface area contributed by atoms with Gasteiger partial charge in [0.2, 0.25) is 0 Å². The molecule has 0 saturated carbocycles.